The van der Waals surface area contributed by atoms with Gasteiger partial charge in [-0.3, -0.25) is 9.52 Å². The predicted octanol–water partition coefficient (Wildman–Crippen LogP) is 2.55. The Kier molecular flexibility index (Phi) is 6.30. The monoisotopic (exact) mass is 431 g/mol. The molecule has 2 aromatic rings. The summed E-state index contributed by atoms with van der Waals surface area (Å²) in [7, 11) is -3.41. The SMILES string of the molecule is Cc1cc(N2CCN(C(=O)c3ccc(C)c(NS(C)(=O)=O)c3)CC2)nc(C(C)C)n1. The molecule has 1 aromatic carbocycles. The summed E-state index contributed by atoms with van der Waals surface area (Å²) in [5.41, 5.74) is 2.61. The number of piperazine rings is 1. The van der Waals surface area contributed by atoms with Crippen molar-refractivity contribution in [3.63, 3.8) is 0 Å². The molecule has 30 heavy (non-hydrogen) atoms. The molecule has 1 amide bonds. The van der Waals surface area contributed by atoms with Gasteiger partial charge in [0.2, 0.25) is 10.0 Å². The Bertz CT molecular complexity index is 1040. The number of nitrogens with zero attached hydrogens (tertiary/aromatic N) is 4. The van der Waals surface area contributed by atoms with Crippen LogP contribution in [0.4, 0.5) is 11.5 Å². The van der Waals surface area contributed by atoms with E-state index in [1.54, 1.807) is 30.0 Å². The average molecular weight is 432 g/mol. The number of benzene rings is 1. The maximum atomic E-state index is 13.0. The van der Waals surface area contributed by atoms with Gasteiger partial charge in [-0.2, -0.15) is 0 Å². The molecule has 9 heteroatoms. The van der Waals surface area contributed by atoms with Gasteiger partial charge >= 0.3 is 0 Å². The summed E-state index contributed by atoms with van der Waals surface area (Å²) in [6.45, 7) is 10.4. The number of aryl methyl sites for hydroxylation is 2. The Morgan fingerprint density at radius 3 is 2.33 bits per heavy atom. The molecule has 1 aliphatic heterocycles. The topological polar surface area (TPSA) is 95.5 Å². The lowest BCUT2D eigenvalue weighted by atomic mass is 10.1. The second kappa shape index (κ2) is 8.59. The molecule has 1 fully saturated rings. The first-order chi connectivity index (χ1) is 14.0. The van der Waals surface area contributed by atoms with Gasteiger partial charge in [0.25, 0.3) is 5.91 Å². The van der Waals surface area contributed by atoms with Gasteiger partial charge in [-0.1, -0.05) is 19.9 Å². The van der Waals surface area contributed by atoms with Crippen LogP contribution in [0.1, 0.15) is 47.2 Å². The van der Waals surface area contributed by atoms with Crippen LogP contribution in [0.25, 0.3) is 0 Å². The largest absolute Gasteiger partial charge is 0.353 e. The van der Waals surface area contributed by atoms with Gasteiger partial charge in [-0.15, -0.1) is 0 Å². The third-order valence-corrected chi connectivity index (χ3v) is 5.64. The van der Waals surface area contributed by atoms with Gasteiger partial charge in [-0.25, -0.2) is 18.4 Å². The summed E-state index contributed by atoms with van der Waals surface area (Å²) in [4.78, 5) is 26.1. The zero-order valence-electron chi connectivity index (χ0n) is 18.1. The molecule has 8 nitrogen and oxygen atoms in total. The highest BCUT2D eigenvalue weighted by Crippen LogP contribution is 2.22. The van der Waals surface area contributed by atoms with E-state index in [4.69, 9.17) is 0 Å². The van der Waals surface area contributed by atoms with Crippen LogP contribution in [0, 0.1) is 13.8 Å². The van der Waals surface area contributed by atoms with E-state index in [0.29, 0.717) is 37.4 Å². The van der Waals surface area contributed by atoms with Crippen molar-refractivity contribution in [1.29, 1.82) is 0 Å². The van der Waals surface area contributed by atoms with Gasteiger partial charge < -0.3 is 9.80 Å². The van der Waals surface area contributed by atoms with Gasteiger partial charge in [0.15, 0.2) is 0 Å². The Hall–Kier alpha value is -2.68. The number of aromatic nitrogens is 2. The van der Waals surface area contributed by atoms with E-state index in [-0.39, 0.29) is 11.8 Å². The molecule has 0 unspecified atom stereocenters. The van der Waals surface area contributed by atoms with E-state index >= 15 is 0 Å². The highest BCUT2D eigenvalue weighted by atomic mass is 32.2. The van der Waals surface area contributed by atoms with Crippen LogP contribution in [-0.4, -0.2) is 61.6 Å². The van der Waals surface area contributed by atoms with E-state index in [9.17, 15) is 13.2 Å². The fourth-order valence-corrected chi connectivity index (χ4v) is 4.00. The lowest BCUT2D eigenvalue weighted by molar-refractivity contribution is 0.0746. The first-order valence-corrected chi connectivity index (χ1v) is 11.9. The molecule has 0 atom stereocenters. The minimum absolute atomic E-state index is 0.104. The summed E-state index contributed by atoms with van der Waals surface area (Å²) < 4.78 is 25.6. The van der Waals surface area contributed by atoms with E-state index in [0.717, 1.165) is 29.2 Å². The Balaban J connectivity index is 1.71. The number of rotatable bonds is 5. The van der Waals surface area contributed by atoms with Gasteiger partial charge in [0, 0.05) is 49.4 Å². The number of nitrogens with one attached hydrogen (secondary N) is 1. The van der Waals surface area contributed by atoms with Gasteiger partial charge in [0.1, 0.15) is 11.6 Å². The molecule has 0 bridgehead atoms. The van der Waals surface area contributed by atoms with Crippen LogP contribution in [0.15, 0.2) is 24.3 Å². The van der Waals surface area contributed by atoms with Gasteiger partial charge in [0.05, 0.1) is 11.9 Å². The summed E-state index contributed by atoms with van der Waals surface area (Å²) in [6.07, 6.45) is 1.10. The number of amides is 1. The molecular formula is C21H29N5O3S. The third kappa shape index (κ3) is 5.27. The number of sulfonamides is 1. The molecule has 162 valence electrons. The summed E-state index contributed by atoms with van der Waals surface area (Å²) >= 11 is 0. The molecule has 1 saturated heterocycles. The normalized spacial score (nSPS) is 14.9. The second-order valence-electron chi connectivity index (χ2n) is 8.06. The van der Waals surface area contributed by atoms with E-state index < -0.39 is 10.0 Å². The quantitative estimate of drug-likeness (QED) is 0.782. The highest BCUT2D eigenvalue weighted by Gasteiger charge is 2.24. The standard InChI is InChI=1S/C21H29N5O3S/c1-14(2)20-22-16(4)12-19(23-20)25-8-10-26(11-9-25)21(27)17-7-6-15(3)18(13-17)24-30(5,28)29/h6-7,12-14,24H,8-11H2,1-5H3. The van der Waals surface area contributed by atoms with Crippen molar-refractivity contribution < 1.29 is 13.2 Å². The number of hydrogen-bond acceptors (Lipinski definition) is 6. The fraction of sp³-hybridized carbons (Fsp3) is 0.476. The van der Waals surface area contributed by atoms with Crippen molar-refractivity contribution in [2.24, 2.45) is 0 Å². The lowest BCUT2D eigenvalue weighted by Gasteiger charge is -2.35. The van der Waals surface area contributed by atoms with E-state index in [2.05, 4.69) is 33.4 Å². The molecular weight excluding hydrogens is 402 g/mol. The smallest absolute Gasteiger partial charge is 0.254 e. The zero-order chi connectivity index (χ0) is 22.1. The van der Waals surface area contributed by atoms with Crippen LogP contribution in [-0.2, 0) is 10.0 Å². The molecule has 3 rings (SSSR count). The van der Waals surface area contributed by atoms with Crippen molar-refractivity contribution in [2.45, 2.75) is 33.6 Å². The maximum Gasteiger partial charge on any atom is 0.254 e. The number of carbonyl (C=O) groups is 1. The third-order valence-electron chi connectivity index (χ3n) is 5.05. The van der Waals surface area contributed by atoms with E-state index in [1.807, 2.05) is 13.0 Å². The summed E-state index contributed by atoms with van der Waals surface area (Å²) in [6, 6.07) is 7.08. The first-order valence-electron chi connectivity index (χ1n) is 10.0. The number of anilines is 2. The second-order valence-corrected chi connectivity index (χ2v) is 9.81. The molecule has 1 N–H and O–H groups in total. The minimum atomic E-state index is -3.41. The fourth-order valence-electron chi connectivity index (χ4n) is 3.38. The molecule has 1 aliphatic rings. The predicted molar refractivity (Wildman–Crippen MR) is 119 cm³/mol. The molecule has 0 radical (unpaired) electrons. The number of hydrogen-bond donors (Lipinski definition) is 1. The molecule has 0 saturated carbocycles. The van der Waals surface area contributed by atoms with Crippen LogP contribution < -0.4 is 9.62 Å². The minimum Gasteiger partial charge on any atom is -0.353 e. The average Bonchev–Trinajstić information content (AvgIpc) is 2.67. The molecule has 2 heterocycles. The van der Waals surface area contributed by atoms with Gasteiger partial charge in [-0.05, 0) is 31.5 Å². The van der Waals surface area contributed by atoms with Crippen LogP contribution >= 0.6 is 0 Å². The summed E-state index contributed by atoms with van der Waals surface area (Å²) in [5.74, 6) is 1.87. The Morgan fingerprint density at radius 2 is 1.73 bits per heavy atom. The van der Waals surface area contributed by atoms with Crippen molar-refractivity contribution in [1.82, 2.24) is 14.9 Å². The molecule has 1 aromatic heterocycles. The number of carbonyl (C=O) groups excluding carboxylic acids is 1. The van der Waals surface area contributed by atoms with Crippen molar-refractivity contribution in [3.05, 3.63) is 46.9 Å². The highest BCUT2D eigenvalue weighted by molar-refractivity contribution is 7.92. The van der Waals surface area contributed by atoms with Crippen LogP contribution in [0.2, 0.25) is 0 Å². The molecule has 0 spiro atoms. The van der Waals surface area contributed by atoms with Crippen molar-refractivity contribution in [2.75, 3.05) is 42.1 Å². The lowest BCUT2D eigenvalue weighted by Crippen LogP contribution is -2.49. The van der Waals surface area contributed by atoms with E-state index in [1.165, 1.54) is 0 Å². The molecule has 0 aliphatic carbocycles. The maximum absolute atomic E-state index is 13.0. The first kappa shape index (κ1) is 22.0. The Labute approximate surface area is 178 Å². The van der Waals surface area contributed by atoms with Crippen molar-refractivity contribution >= 4 is 27.4 Å². The summed E-state index contributed by atoms with van der Waals surface area (Å²) in [5, 5.41) is 0. The zero-order valence-corrected chi connectivity index (χ0v) is 19.0. The van der Waals surface area contributed by atoms with Crippen LogP contribution in [0.3, 0.4) is 0 Å². The van der Waals surface area contributed by atoms with Crippen LogP contribution in [0.5, 0.6) is 0 Å². The Morgan fingerprint density at radius 1 is 1.07 bits per heavy atom. The van der Waals surface area contributed by atoms with Crippen molar-refractivity contribution in [3.8, 4) is 0 Å².